The van der Waals surface area contributed by atoms with Crippen LogP contribution in [-0.2, 0) is 4.79 Å². The van der Waals surface area contributed by atoms with Gasteiger partial charge in [0.05, 0.1) is 11.2 Å². The fourth-order valence-electron chi connectivity index (χ4n) is 5.97. The number of pyridine rings is 1. The number of hydrogen-bond donors (Lipinski definition) is 0. The Bertz CT molecular complexity index is 1100. The van der Waals surface area contributed by atoms with Crippen LogP contribution in [0.1, 0.15) is 30.5 Å². The Kier molecular flexibility index (Phi) is 3.19. The second-order valence-corrected chi connectivity index (χ2v) is 8.29. The highest BCUT2D eigenvalue weighted by Crippen LogP contribution is 2.62. The highest BCUT2D eigenvalue weighted by atomic mass is 16.1. The molecule has 27 heavy (non-hydrogen) atoms. The Morgan fingerprint density at radius 2 is 1.52 bits per heavy atom. The van der Waals surface area contributed by atoms with E-state index in [9.17, 15) is 4.79 Å². The van der Waals surface area contributed by atoms with Crippen molar-refractivity contribution in [3.8, 4) is 0 Å². The molecular formula is C25H21NO. The van der Waals surface area contributed by atoms with Gasteiger partial charge in [-0.25, -0.2) is 4.98 Å². The van der Waals surface area contributed by atoms with Crippen LogP contribution in [-0.4, -0.2) is 10.8 Å². The van der Waals surface area contributed by atoms with E-state index in [1.54, 1.807) is 0 Å². The van der Waals surface area contributed by atoms with E-state index in [0.29, 0.717) is 23.5 Å². The van der Waals surface area contributed by atoms with E-state index in [-0.39, 0.29) is 5.92 Å². The summed E-state index contributed by atoms with van der Waals surface area (Å²) in [6.45, 7) is 0. The molecule has 0 unspecified atom stereocenters. The zero-order chi connectivity index (χ0) is 18.0. The lowest BCUT2D eigenvalue weighted by atomic mass is 9.77. The molecule has 1 aromatic heterocycles. The third-order valence-corrected chi connectivity index (χ3v) is 7.01. The molecule has 3 aromatic rings. The van der Waals surface area contributed by atoms with Gasteiger partial charge in [0.25, 0.3) is 0 Å². The van der Waals surface area contributed by atoms with Crippen molar-refractivity contribution >= 4 is 27.8 Å². The molecule has 0 saturated heterocycles. The molecule has 2 heteroatoms. The smallest absolute Gasteiger partial charge is 0.169 e. The molecule has 3 aliphatic carbocycles. The van der Waals surface area contributed by atoms with Crippen molar-refractivity contribution in [3.63, 3.8) is 0 Å². The molecule has 0 aliphatic heterocycles. The van der Waals surface area contributed by atoms with Crippen LogP contribution in [0.2, 0.25) is 0 Å². The molecule has 1 heterocycles. The van der Waals surface area contributed by atoms with Crippen LogP contribution in [0, 0.1) is 23.7 Å². The maximum absolute atomic E-state index is 13.6. The molecule has 132 valence electrons. The summed E-state index contributed by atoms with van der Waals surface area (Å²) in [4.78, 5) is 18.5. The zero-order valence-electron chi connectivity index (χ0n) is 15.1. The molecule has 2 fully saturated rings. The number of fused-ring (bicyclic) bond motifs is 6. The first-order valence-electron chi connectivity index (χ1n) is 10.0. The lowest BCUT2D eigenvalue weighted by Gasteiger charge is -2.26. The number of ketones is 1. The standard InChI is InChI=1S/C25H21NO/c27-25-23-18-11-10-17(14-18)22(23)21(16-7-2-1-3-8-16)24(25)20-13-12-15-6-4-5-9-19(15)26-20/h1-9,12-13,17-18,22-23H,10-11,14H2/t17-,18+,22-,23-/m1/s1. The number of Topliss-reactive ketones (excluding diaryl/α,β-unsaturated/α-hetero) is 1. The monoisotopic (exact) mass is 351 g/mol. The fourth-order valence-corrected chi connectivity index (χ4v) is 5.97. The maximum Gasteiger partial charge on any atom is 0.169 e. The van der Waals surface area contributed by atoms with Gasteiger partial charge in [0.1, 0.15) is 0 Å². The Labute approximate surface area is 158 Å². The van der Waals surface area contributed by atoms with Crippen LogP contribution in [0.15, 0.2) is 66.7 Å². The molecule has 0 N–H and O–H groups in total. The molecule has 3 aliphatic rings. The van der Waals surface area contributed by atoms with Gasteiger partial charge < -0.3 is 0 Å². The zero-order valence-corrected chi connectivity index (χ0v) is 15.1. The lowest BCUT2D eigenvalue weighted by molar-refractivity contribution is -0.118. The number of carbonyl (C=O) groups is 1. The van der Waals surface area contributed by atoms with Gasteiger partial charge in [-0.1, -0.05) is 54.6 Å². The average Bonchev–Trinajstić information content (AvgIpc) is 3.41. The summed E-state index contributed by atoms with van der Waals surface area (Å²) in [5, 5.41) is 1.12. The third-order valence-electron chi connectivity index (χ3n) is 7.01. The number of para-hydroxylation sites is 1. The molecule has 2 aromatic carbocycles. The van der Waals surface area contributed by atoms with E-state index in [2.05, 4.69) is 36.4 Å². The van der Waals surface area contributed by atoms with Crippen LogP contribution >= 0.6 is 0 Å². The number of rotatable bonds is 2. The van der Waals surface area contributed by atoms with E-state index < -0.39 is 0 Å². The van der Waals surface area contributed by atoms with Gasteiger partial charge in [-0.2, -0.15) is 0 Å². The first-order chi connectivity index (χ1) is 13.3. The van der Waals surface area contributed by atoms with Crippen molar-refractivity contribution in [3.05, 3.63) is 78.0 Å². The number of benzene rings is 2. The van der Waals surface area contributed by atoms with Gasteiger partial charge >= 0.3 is 0 Å². The van der Waals surface area contributed by atoms with Gasteiger partial charge in [0, 0.05) is 16.9 Å². The Hall–Kier alpha value is -2.74. The van der Waals surface area contributed by atoms with Crippen LogP contribution in [0.25, 0.3) is 22.0 Å². The van der Waals surface area contributed by atoms with Gasteiger partial charge in [0.15, 0.2) is 5.78 Å². The van der Waals surface area contributed by atoms with E-state index in [0.717, 1.165) is 22.2 Å². The molecule has 6 rings (SSSR count). The van der Waals surface area contributed by atoms with E-state index in [4.69, 9.17) is 4.98 Å². The quantitative estimate of drug-likeness (QED) is 0.619. The average molecular weight is 351 g/mol. The summed E-state index contributed by atoms with van der Waals surface area (Å²) in [6, 6.07) is 22.8. The number of aromatic nitrogens is 1. The van der Waals surface area contributed by atoms with Gasteiger partial charge in [0.2, 0.25) is 0 Å². The highest BCUT2D eigenvalue weighted by molar-refractivity contribution is 6.32. The Morgan fingerprint density at radius 1 is 0.778 bits per heavy atom. The van der Waals surface area contributed by atoms with Crippen LogP contribution in [0.5, 0.6) is 0 Å². The first-order valence-corrected chi connectivity index (χ1v) is 10.0. The summed E-state index contributed by atoms with van der Waals surface area (Å²) < 4.78 is 0. The van der Waals surface area contributed by atoms with Gasteiger partial charge in [-0.3, -0.25) is 4.79 Å². The maximum atomic E-state index is 13.6. The SMILES string of the molecule is O=C1C(c2ccc3ccccc3n2)=C(c2ccccc2)[C@H]2[C@@H]3CC[C@@H](C3)[C@@H]12. The molecule has 0 radical (unpaired) electrons. The van der Waals surface area contributed by atoms with E-state index in [1.807, 2.05) is 30.3 Å². The molecular weight excluding hydrogens is 330 g/mol. The summed E-state index contributed by atoms with van der Waals surface area (Å²) in [7, 11) is 0. The lowest BCUT2D eigenvalue weighted by Crippen LogP contribution is -2.24. The minimum Gasteiger partial charge on any atom is -0.294 e. The molecule has 2 bridgehead atoms. The van der Waals surface area contributed by atoms with E-state index in [1.165, 1.54) is 30.4 Å². The molecule has 2 saturated carbocycles. The van der Waals surface area contributed by atoms with Crippen molar-refractivity contribution in [1.29, 1.82) is 0 Å². The molecule has 2 nitrogen and oxygen atoms in total. The minimum absolute atomic E-state index is 0.183. The number of hydrogen-bond acceptors (Lipinski definition) is 2. The topological polar surface area (TPSA) is 30.0 Å². The molecule has 0 amide bonds. The summed E-state index contributed by atoms with van der Waals surface area (Å²) in [5.74, 6) is 2.15. The Balaban J connectivity index is 1.60. The van der Waals surface area contributed by atoms with Crippen molar-refractivity contribution in [2.45, 2.75) is 19.3 Å². The van der Waals surface area contributed by atoms with E-state index >= 15 is 0 Å². The number of nitrogens with zero attached hydrogens (tertiary/aromatic N) is 1. The molecule has 0 spiro atoms. The first kappa shape index (κ1) is 15.3. The fraction of sp³-hybridized carbons (Fsp3) is 0.280. The summed E-state index contributed by atoms with van der Waals surface area (Å²) in [5.41, 5.74) is 5.17. The van der Waals surface area contributed by atoms with Crippen molar-refractivity contribution in [2.24, 2.45) is 23.7 Å². The van der Waals surface area contributed by atoms with Crippen molar-refractivity contribution in [1.82, 2.24) is 4.98 Å². The summed E-state index contributed by atoms with van der Waals surface area (Å²) >= 11 is 0. The van der Waals surface area contributed by atoms with Crippen LogP contribution < -0.4 is 0 Å². The molecule has 4 atom stereocenters. The van der Waals surface area contributed by atoms with Crippen LogP contribution in [0.3, 0.4) is 0 Å². The van der Waals surface area contributed by atoms with Crippen molar-refractivity contribution < 1.29 is 4.79 Å². The predicted octanol–water partition coefficient (Wildman–Crippen LogP) is 5.39. The number of carbonyl (C=O) groups excluding carboxylic acids is 1. The Morgan fingerprint density at radius 3 is 2.37 bits per heavy atom. The van der Waals surface area contributed by atoms with Gasteiger partial charge in [-0.15, -0.1) is 0 Å². The van der Waals surface area contributed by atoms with Crippen molar-refractivity contribution in [2.75, 3.05) is 0 Å². The normalized spacial score (nSPS) is 29.0. The second kappa shape index (κ2) is 5.63. The van der Waals surface area contributed by atoms with Gasteiger partial charge in [-0.05, 0) is 60.3 Å². The third kappa shape index (κ3) is 2.13. The second-order valence-electron chi connectivity index (χ2n) is 8.29. The van der Waals surface area contributed by atoms with Crippen LogP contribution in [0.4, 0.5) is 0 Å². The minimum atomic E-state index is 0.183. The largest absolute Gasteiger partial charge is 0.294 e. The highest BCUT2D eigenvalue weighted by Gasteiger charge is 2.57. The summed E-state index contributed by atoms with van der Waals surface area (Å²) in [6.07, 6.45) is 3.72. The number of allylic oxidation sites excluding steroid dienone is 2. The predicted molar refractivity (Wildman–Crippen MR) is 108 cm³/mol.